The molecule has 0 unspecified atom stereocenters. The standard InChI is InChI=1S/C14H23N3/c1-2-17(11-8-14(15)6-3-7-14)12-13-4-9-16-10-5-13/h4-5,9-10H,2-3,6-8,11-12,15H2,1H3. The van der Waals surface area contributed by atoms with Crippen LogP contribution in [0.3, 0.4) is 0 Å². The first-order chi connectivity index (χ1) is 8.22. The Hall–Kier alpha value is -0.930. The van der Waals surface area contributed by atoms with Crippen LogP contribution in [0.5, 0.6) is 0 Å². The summed E-state index contributed by atoms with van der Waals surface area (Å²) in [6.07, 6.45) is 8.58. The molecular formula is C14H23N3. The summed E-state index contributed by atoms with van der Waals surface area (Å²) < 4.78 is 0. The fraction of sp³-hybridized carbons (Fsp3) is 0.643. The lowest BCUT2D eigenvalue weighted by atomic mass is 9.75. The van der Waals surface area contributed by atoms with Crippen LogP contribution in [0.25, 0.3) is 0 Å². The van der Waals surface area contributed by atoms with Gasteiger partial charge in [-0.05, 0) is 49.9 Å². The third-order valence-corrected chi connectivity index (χ3v) is 3.88. The molecule has 1 aromatic rings. The van der Waals surface area contributed by atoms with Gasteiger partial charge in [0.25, 0.3) is 0 Å². The van der Waals surface area contributed by atoms with E-state index >= 15 is 0 Å². The second-order valence-electron chi connectivity index (χ2n) is 5.19. The summed E-state index contributed by atoms with van der Waals surface area (Å²) >= 11 is 0. The van der Waals surface area contributed by atoms with E-state index in [0.29, 0.717) is 0 Å². The summed E-state index contributed by atoms with van der Waals surface area (Å²) in [5.74, 6) is 0. The molecule has 0 spiro atoms. The third kappa shape index (κ3) is 3.51. The van der Waals surface area contributed by atoms with Crippen LogP contribution in [-0.4, -0.2) is 28.5 Å². The van der Waals surface area contributed by atoms with Gasteiger partial charge in [-0.1, -0.05) is 6.92 Å². The Morgan fingerprint density at radius 1 is 1.35 bits per heavy atom. The molecule has 3 heteroatoms. The van der Waals surface area contributed by atoms with E-state index in [4.69, 9.17) is 5.73 Å². The van der Waals surface area contributed by atoms with Gasteiger partial charge in [-0.3, -0.25) is 9.88 Å². The molecule has 0 aliphatic heterocycles. The van der Waals surface area contributed by atoms with Crippen LogP contribution < -0.4 is 5.73 Å². The molecule has 1 fully saturated rings. The lowest BCUT2D eigenvalue weighted by molar-refractivity contribution is 0.181. The van der Waals surface area contributed by atoms with Crippen molar-refractivity contribution in [2.45, 2.75) is 44.7 Å². The van der Waals surface area contributed by atoms with Gasteiger partial charge in [0.2, 0.25) is 0 Å². The zero-order valence-corrected chi connectivity index (χ0v) is 10.7. The van der Waals surface area contributed by atoms with E-state index in [1.165, 1.54) is 24.8 Å². The number of rotatable bonds is 6. The fourth-order valence-corrected chi connectivity index (χ4v) is 2.36. The normalized spacial score (nSPS) is 18.1. The van der Waals surface area contributed by atoms with Gasteiger partial charge in [-0.2, -0.15) is 0 Å². The molecule has 2 rings (SSSR count). The van der Waals surface area contributed by atoms with Gasteiger partial charge >= 0.3 is 0 Å². The second-order valence-corrected chi connectivity index (χ2v) is 5.19. The summed E-state index contributed by atoms with van der Waals surface area (Å²) in [6, 6.07) is 4.18. The van der Waals surface area contributed by atoms with Crippen LogP contribution in [0.4, 0.5) is 0 Å². The van der Waals surface area contributed by atoms with Gasteiger partial charge in [0.15, 0.2) is 0 Å². The molecule has 0 bridgehead atoms. The first-order valence-electron chi connectivity index (χ1n) is 6.62. The predicted octanol–water partition coefficient (Wildman–Crippen LogP) is 2.17. The summed E-state index contributed by atoms with van der Waals surface area (Å²) in [5.41, 5.74) is 7.74. The largest absolute Gasteiger partial charge is 0.325 e. The van der Waals surface area contributed by atoms with Crippen molar-refractivity contribution in [2.75, 3.05) is 13.1 Å². The van der Waals surface area contributed by atoms with E-state index in [-0.39, 0.29) is 5.54 Å². The van der Waals surface area contributed by atoms with Crippen LogP contribution >= 0.6 is 0 Å². The number of nitrogens with two attached hydrogens (primary N) is 1. The highest BCUT2D eigenvalue weighted by Crippen LogP contribution is 2.32. The van der Waals surface area contributed by atoms with Gasteiger partial charge in [-0.15, -0.1) is 0 Å². The molecule has 2 N–H and O–H groups in total. The minimum atomic E-state index is 0.145. The Bertz CT molecular complexity index is 333. The Balaban J connectivity index is 1.80. The molecule has 0 saturated heterocycles. The van der Waals surface area contributed by atoms with Gasteiger partial charge in [0.05, 0.1) is 0 Å². The van der Waals surface area contributed by atoms with Gasteiger partial charge in [0.1, 0.15) is 0 Å². The maximum Gasteiger partial charge on any atom is 0.0271 e. The van der Waals surface area contributed by atoms with Crippen LogP contribution in [0.1, 0.15) is 38.2 Å². The molecule has 0 atom stereocenters. The van der Waals surface area contributed by atoms with Gasteiger partial charge in [-0.25, -0.2) is 0 Å². The monoisotopic (exact) mass is 233 g/mol. The lowest BCUT2D eigenvalue weighted by Crippen LogP contribution is -2.48. The van der Waals surface area contributed by atoms with Crippen molar-refractivity contribution in [2.24, 2.45) is 5.73 Å². The molecule has 94 valence electrons. The van der Waals surface area contributed by atoms with Gasteiger partial charge < -0.3 is 5.73 Å². The van der Waals surface area contributed by atoms with Crippen molar-refractivity contribution in [1.82, 2.24) is 9.88 Å². The Morgan fingerprint density at radius 3 is 2.59 bits per heavy atom. The summed E-state index contributed by atoms with van der Waals surface area (Å²) in [6.45, 7) is 5.41. The highest BCUT2D eigenvalue weighted by Gasteiger charge is 2.32. The number of nitrogens with zero attached hydrogens (tertiary/aromatic N) is 2. The summed E-state index contributed by atoms with van der Waals surface area (Å²) in [4.78, 5) is 6.51. The van der Waals surface area contributed by atoms with Crippen molar-refractivity contribution >= 4 is 0 Å². The van der Waals surface area contributed by atoms with E-state index in [2.05, 4.69) is 28.9 Å². The summed E-state index contributed by atoms with van der Waals surface area (Å²) in [5, 5.41) is 0. The van der Waals surface area contributed by atoms with Crippen molar-refractivity contribution in [3.05, 3.63) is 30.1 Å². The zero-order chi connectivity index (χ0) is 12.1. The highest BCUT2D eigenvalue weighted by atomic mass is 15.1. The fourth-order valence-electron chi connectivity index (χ4n) is 2.36. The van der Waals surface area contributed by atoms with Gasteiger partial charge in [0, 0.05) is 31.0 Å². The van der Waals surface area contributed by atoms with Crippen LogP contribution in [0.2, 0.25) is 0 Å². The predicted molar refractivity (Wildman–Crippen MR) is 70.6 cm³/mol. The molecule has 3 nitrogen and oxygen atoms in total. The molecule has 0 aromatic carbocycles. The molecule has 1 aromatic heterocycles. The number of hydrogen-bond donors (Lipinski definition) is 1. The van der Waals surface area contributed by atoms with Crippen molar-refractivity contribution in [3.8, 4) is 0 Å². The average molecular weight is 233 g/mol. The minimum Gasteiger partial charge on any atom is -0.325 e. The topological polar surface area (TPSA) is 42.1 Å². The third-order valence-electron chi connectivity index (χ3n) is 3.88. The maximum atomic E-state index is 6.26. The van der Waals surface area contributed by atoms with Crippen molar-refractivity contribution in [3.63, 3.8) is 0 Å². The van der Waals surface area contributed by atoms with Crippen molar-refractivity contribution in [1.29, 1.82) is 0 Å². The van der Waals surface area contributed by atoms with E-state index in [0.717, 1.165) is 26.1 Å². The highest BCUT2D eigenvalue weighted by molar-refractivity contribution is 5.09. The molecule has 17 heavy (non-hydrogen) atoms. The molecule has 1 heterocycles. The van der Waals surface area contributed by atoms with Crippen LogP contribution in [-0.2, 0) is 6.54 Å². The SMILES string of the molecule is CCN(CCC1(N)CCC1)Cc1ccncc1. The lowest BCUT2D eigenvalue weighted by Gasteiger charge is -2.39. The van der Waals surface area contributed by atoms with E-state index < -0.39 is 0 Å². The molecule has 1 saturated carbocycles. The Morgan fingerprint density at radius 2 is 2.06 bits per heavy atom. The molecule has 1 aliphatic carbocycles. The van der Waals surface area contributed by atoms with Crippen LogP contribution in [0.15, 0.2) is 24.5 Å². The number of aromatic nitrogens is 1. The second kappa shape index (κ2) is 5.61. The minimum absolute atomic E-state index is 0.145. The first kappa shape index (κ1) is 12.5. The number of pyridine rings is 1. The van der Waals surface area contributed by atoms with Crippen LogP contribution in [0, 0.1) is 0 Å². The smallest absolute Gasteiger partial charge is 0.0271 e. The van der Waals surface area contributed by atoms with E-state index in [9.17, 15) is 0 Å². The Labute approximate surface area is 104 Å². The van der Waals surface area contributed by atoms with E-state index in [1.54, 1.807) is 0 Å². The molecule has 1 aliphatic rings. The number of hydrogen-bond acceptors (Lipinski definition) is 3. The van der Waals surface area contributed by atoms with E-state index in [1.807, 2.05) is 12.4 Å². The summed E-state index contributed by atoms with van der Waals surface area (Å²) in [7, 11) is 0. The maximum absolute atomic E-state index is 6.26. The van der Waals surface area contributed by atoms with Crippen molar-refractivity contribution < 1.29 is 0 Å². The zero-order valence-electron chi connectivity index (χ0n) is 10.7. The first-order valence-corrected chi connectivity index (χ1v) is 6.62. The quantitative estimate of drug-likeness (QED) is 0.819. The molecule has 0 radical (unpaired) electrons. The molecule has 0 amide bonds. The Kier molecular flexibility index (Phi) is 4.13. The average Bonchev–Trinajstić information content (AvgIpc) is 2.33. The molecular weight excluding hydrogens is 210 g/mol.